The highest BCUT2D eigenvalue weighted by Gasteiger charge is 2.14. The molecule has 0 saturated carbocycles. The van der Waals surface area contributed by atoms with Gasteiger partial charge in [-0.25, -0.2) is 0 Å². The summed E-state index contributed by atoms with van der Waals surface area (Å²) >= 11 is 0. The van der Waals surface area contributed by atoms with Crippen LogP contribution in [-0.4, -0.2) is 13.7 Å². The van der Waals surface area contributed by atoms with E-state index in [1.165, 1.54) is 27.1 Å². The van der Waals surface area contributed by atoms with Gasteiger partial charge in [0.25, 0.3) is 0 Å². The molecule has 0 bridgehead atoms. The summed E-state index contributed by atoms with van der Waals surface area (Å²) in [4.78, 5) is 0. The van der Waals surface area contributed by atoms with Crippen LogP contribution in [0.4, 0.5) is 0 Å². The first kappa shape index (κ1) is 19.3. The molecule has 0 aliphatic carbocycles. The zero-order chi connectivity index (χ0) is 21.2. The van der Waals surface area contributed by atoms with E-state index in [0.29, 0.717) is 6.54 Å². The van der Waals surface area contributed by atoms with Crippen molar-refractivity contribution >= 4 is 44.6 Å². The van der Waals surface area contributed by atoms with E-state index in [-0.39, 0.29) is 0 Å². The smallest absolute Gasteiger partial charge is 0.213 e. The fourth-order valence-corrected chi connectivity index (χ4v) is 4.36. The lowest BCUT2D eigenvalue weighted by molar-refractivity contribution is -0.670. The van der Waals surface area contributed by atoms with E-state index >= 15 is 0 Å². The second-order valence-corrected chi connectivity index (χ2v) is 7.69. The van der Waals surface area contributed by atoms with Crippen LogP contribution < -0.4 is 15.0 Å². The molecule has 0 atom stereocenters. The Morgan fingerprint density at radius 2 is 1.55 bits per heavy atom. The fourth-order valence-electron chi connectivity index (χ4n) is 4.36. The predicted molar refractivity (Wildman–Crippen MR) is 130 cm³/mol. The van der Waals surface area contributed by atoms with Crippen molar-refractivity contribution in [3.8, 4) is 5.75 Å². The van der Waals surface area contributed by atoms with E-state index in [1.54, 1.807) is 7.11 Å². The van der Waals surface area contributed by atoms with Crippen molar-refractivity contribution in [3.05, 3.63) is 96.2 Å². The summed E-state index contributed by atoms with van der Waals surface area (Å²) in [6, 6.07) is 29.9. The third kappa shape index (κ3) is 3.54. The van der Waals surface area contributed by atoms with Crippen molar-refractivity contribution in [2.45, 2.75) is 6.54 Å². The Bertz CT molecular complexity index is 1440. The summed E-state index contributed by atoms with van der Waals surface area (Å²) in [6.07, 6.45) is 4.41. The number of aromatic nitrogens is 1. The molecule has 0 saturated heterocycles. The zero-order valence-corrected chi connectivity index (χ0v) is 17.6. The van der Waals surface area contributed by atoms with Crippen LogP contribution in [0.1, 0.15) is 11.3 Å². The van der Waals surface area contributed by atoms with Gasteiger partial charge in [-0.2, -0.15) is 4.57 Å². The van der Waals surface area contributed by atoms with Crippen LogP contribution >= 0.6 is 0 Å². The zero-order valence-electron chi connectivity index (χ0n) is 17.6. The van der Waals surface area contributed by atoms with Gasteiger partial charge >= 0.3 is 0 Å². The van der Waals surface area contributed by atoms with Crippen molar-refractivity contribution in [2.75, 3.05) is 13.7 Å². The Hall–Kier alpha value is -3.69. The maximum Gasteiger partial charge on any atom is 0.213 e. The molecule has 0 amide bonds. The number of benzene rings is 4. The van der Waals surface area contributed by atoms with Gasteiger partial charge in [0.2, 0.25) is 11.2 Å². The van der Waals surface area contributed by atoms with Crippen molar-refractivity contribution < 1.29 is 9.30 Å². The lowest BCUT2D eigenvalue weighted by Gasteiger charge is -2.08. The van der Waals surface area contributed by atoms with Crippen LogP contribution in [0.3, 0.4) is 0 Å². The van der Waals surface area contributed by atoms with Crippen LogP contribution in [0.15, 0.2) is 84.9 Å². The number of pyridine rings is 1. The number of nitrogens with zero attached hydrogens (tertiary/aromatic N) is 1. The summed E-state index contributed by atoms with van der Waals surface area (Å²) in [6.45, 7) is 1.33. The van der Waals surface area contributed by atoms with Gasteiger partial charge in [0, 0.05) is 18.2 Å². The highest BCUT2D eigenvalue weighted by Crippen LogP contribution is 2.30. The van der Waals surface area contributed by atoms with Gasteiger partial charge in [-0.05, 0) is 57.4 Å². The molecule has 1 heterocycles. The second-order valence-electron chi connectivity index (χ2n) is 7.69. The Balaban J connectivity index is 1.66. The summed E-state index contributed by atoms with van der Waals surface area (Å²) in [5.41, 5.74) is 9.44. The minimum atomic E-state index is 0.579. The topological polar surface area (TPSA) is 39.1 Å². The quantitative estimate of drug-likeness (QED) is 0.307. The molecule has 0 radical (unpaired) electrons. The third-order valence-electron chi connectivity index (χ3n) is 5.86. The van der Waals surface area contributed by atoms with E-state index in [2.05, 4.69) is 95.6 Å². The van der Waals surface area contributed by atoms with E-state index in [9.17, 15) is 0 Å². The van der Waals surface area contributed by atoms with E-state index < -0.39 is 0 Å². The fraction of sp³-hybridized carbons (Fsp3) is 0.107. The highest BCUT2D eigenvalue weighted by atomic mass is 16.5. The van der Waals surface area contributed by atoms with Crippen LogP contribution in [0.2, 0.25) is 0 Å². The van der Waals surface area contributed by atoms with Gasteiger partial charge in [0.1, 0.15) is 5.75 Å². The molecule has 2 N–H and O–H groups in total. The Labute approximate surface area is 182 Å². The molecule has 4 aromatic carbocycles. The largest absolute Gasteiger partial charge is 0.497 e. The van der Waals surface area contributed by atoms with E-state index in [4.69, 9.17) is 10.5 Å². The average molecular weight is 406 g/mol. The summed E-state index contributed by atoms with van der Waals surface area (Å²) < 4.78 is 7.66. The number of fused-ring (bicyclic) bond motifs is 4. The standard InChI is InChI=1S/C28H25N2O/c1-31-24-14-15-28-22(19-24)11-13-23(30(28)17-16-29)12-10-21-18-20-6-2-3-7-25(20)27-9-5-4-8-26(21)27/h2-15,18-19H,16-17,29H2,1H3/q+1/b12-10+. The maximum absolute atomic E-state index is 5.95. The van der Waals surface area contributed by atoms with Crippen LogP contribution in [-0.2, 0) is 6.54 Å². The van der Waals surface area contributed by atoms with Gasteiger partial charge in [-0.1, -0.05) is 48.5 Å². The molecule has 3 heteroatoms. The van der Waals surface area contributed by atoms with Crippen molar-refractivity contribution in [2.24, 2.45) is 5.73 Å². The van der Waals surface area contributed by atoms with Gasteiger partial charge in [-0.15, -0.1) is 0 Å². The first-order valence-electron chi connectivity index (χ1n) is 10.6. The van der Waals surface area contributed by atoms with Crippen molar-refractivity contribution in [1.29, 1.82) is 0 Å². The molecule has 1 aromatic heterocycles. The Morgan fingerprint density at radius 3 is 2.35 bits per heavy atom. The van der Waals surface area contributed by atoms with Crippen molar-refractivity contribution in [3.63, 3.8) is 0 Å². The SMILES string of the molecule is COc1ccc2c(ccc(/C=C/c3cc4ccccc4c4ccccc34)[n+]2CCN)c1. The lowest BCUT2D eigenvalue weighted by Crippen LogP contribution is -2.41. The van der Waals surface area contributed by atoms with Gasteiger partial charge in [-0.3, -0.25) is 0 Å². The average Bonchev–Trinajstić information content (AvgIpc) is 2.83. The predicted octanol–water partition coefficient (Wildman–Crippen LogP) is 5.57. The first-order chi connectivity index (χ1) is 15.3. The maximum atomic E-state index is 5.95. The van der Waals surface area contributed by atoms with E-state index in [0.717, 1.165) is 28.9 Å². The highest BCUT2D eigenvalue weighted by molar-refractivity contribution is 6.11. The first-order valence-corrected chi connectivity index (χ1v) is 10.6. The van der Waals surface area contributed by atoms with Crippen molar-refractivity contribution in [1.82, 2.24) is 0 Å². The number of rotatable bonds is 5. The van der Waals surface area contributed by atoms with Gasteiger partial charge in [0.05, 0.1) is 19.0 Å². The molecule has 0 spiro atoms. The lowest BCUT2D eigenvalue weighted by atomic mass is 9.97. The minimum Gasteiger partial charge on any atom is -0.497 e. The summed E-state index contributed by atoms with van der Waals surface area (Å²) in [5, 5.41) is 6.21. The van der Waals surface area contributed by atoms with E-state index in [1.807, 2.05) is 6.07 Å². The number of methoxy groups -OCH3 is 1. The number of nitrogens with two attached hydrogens (primary N) is 1. The molecule has 0 aliphatic heterocycles. The van der Waals surface area contributed by atoms with Gasteiger partial charge < -0.3 is 10.5 Å². The number of ether oxygens (including phenoxy) is 1. The summed E-state index contributed by atoms with van der Waals surface area (Å²) in [7, 11) is 1.69. The van der Waals surface area contributed by atoms with Crippen LogP contribution in [0.25, 0.3) is 44.6 Å². The molecule has 152 valence electrons. The third-order valence-corrected chi connectivity index (χ3v) is 5.86. The number of hydrogen-bond donors (Lipinski definition) is 1. The Kier molecular flexibility index (Phi) is 5.11. The number of hydrogen-bond acceptors (Lipinski definition) is 2. The molecule has 5 rings (SSSR count). The van der Waals surface area contributed by atoms with Crippen LogP contribution in [0, 0.1) is 0 Å². The van der Waals surface area contributed by atoms with Gasteiger partial charge in [0.15, 0.2) is 6.54 Å². The molecular weight excluding hydrogens is 380 g/mol. The molecular formula is C28H25N2O+. The molecule has 0 fully saturated rings. The molecule has 3 nitrogen and oxygen atoms in total. The normalized spacial score (nSPS) is 11.7. The monoisotopic (exact) mass is 405 g/mol. The molecule has 5 aromatic rings. The second kappa shape index (κ2) is 8.21. The Morgan fingerprint density at radius 1 is 0.774 bits per heavy atom. The molecule has 0 aliphatic rings. The molecule has 0 unspecified atom stereocenters. The minimum absolute atomic E-state index is 0.579. The summed E-state index contributed by atoms with van der Waals surface area (Å²) in [5.74, 6) is 0.859. The molecule has 31 heavy (non-hydrogen) atoms. The van der Waals surface area contributed by atoms with Crippen LogP contribution in [0.5, 0.6) is 5.75 Å².